The second-order valence-electron chi connectivity index (χ2n) is 5.96. The van der Waals surface area contributed by atoms with E-state index in [1.54, 1.807) is 0 Å². The van der Waals surface area contributed by atoms with Gasteiger partial charge in [0.2, 0.25) is 0 Å². The number of nitrogens with one attached hydrogen (secondary N) is 1. The zero-order valence-corrected chi connectivity index (χ0v) is 12.6. The molecule has 2 aromatic rings. The van der Waals surface area contributed by atoms with Gasteiger partial charge in [0.25, 0.3) is 0 Å². The van der Waals surface area contributed by atoms with E-state index in [9.17, 15) is 0 Å². The van der Waals surface area contributed by atoms with Gasteiger partial charge in [0.05, 0.1) is 12.7 Å². The SMILES string of the molecule is c1ccc(-c2cnccc2N2CCC3NCCOC3C2)cc1. The van der Waals surface area contributed by atoms with Gasteiger partial charge in [-0.05, 0) is 18.1 Å². The highest BCUT2D eigenvalue weighted by atomic mass is 16.5. The maximum atomic E-state index is 5.96. The maximum absolute atomic E-state index is 5.96. The van der Waals surface area contributed by atoms with Crippen molar-refractivity contribution in [2.24, 2.45) is 0 Å². The van der Waals surface area contributed by atoms with Crippen LogP contribution < -0.4 is 10.2 Å². The lowest BCUT2D eigenvalue weighted by Crippen LogP contribution is -2.57. The van der Waals surface area contributed by atoms with E-state index in [0.29, 0.717) is 12.1 Å². The standard InChI is InChI=1S/C18H21N3O/c1-2-4-14(5-3-1)15-12-19-8-6-17(15)21-10-7-16-18(13-21)22-11-9-20-16/h1-6,8,12,16,18,20H,7,9-11,13H2. The van der Waals surface area contributed by atoms with Crippen molar-refractivity contribution in [3.8, 4) is 11.1 Å². The molecule has 0 aliphatic carbocycles. The Bertz CT molecular complexity index is 631. The van der Waals surface area contributed by atoms with Gasteiger partial charge in [-0.15, -0.1) is 0 Å². The van der Waals surface area contributed by atoms with Gasteiger partial charge in [0, 0.05) is 49.3 Å². The van der Waals surface area contributed by atoms with E-state index in [0.717, 1.165) is 32.7 Å². The van der Waals surface area contributed by atoms with Crippen LogP contribution in [0.25, 0.3) is 11.1 Å². The number of hydrogen-bond acceptors (Lipinski definition) is 4. The average Bonchev–Trinajstić information content (AvgIpc) is 2.62. The minimum absolute atomic E-state index is 0.291. The molecule has 1 N–H and O–H groups in total. The van der Waals surface area contributed by atoms with Crippen LogP contribution in [0.2, 0.25) is 0 Å². The van der Waals surface area contributed by atoms with Crippen LogP contribution in [-0.2, 0) is 4.74 Å². The number of nitrogens with zero attached hydrogens (tertiary/aromatic N) is 2. The molecule has 3 heterocycles. The van der Waals surface area contributed by atoms with Crippen LogP contribution in [0, 0.1) is 0 Å². The number of piperidine rings is 1. The molecule has 0 saturated carbocycles. The van der Waals surface area contributed by atoms with Crippen LogP contribution >= 0.6 is 0 Å². The number of benzene rings is 1. The maximum Gasteiger partial charge on any atom is 0.0903 e. The summed E-state index contributed by atoms with van der Waals surface area (Å²) < 4.78 is 5.96. The first-order chi connectivity index (χ1) is 10.9. The molecule has 0 radical (unpaired) electrons. The number of morpholine rings is 1. The topological polar surface area (TPSA) is 37.4 Å². The molecule has 4 rings (SSSR count). The highest BCUT2D eigenvalue weighted by Crippen LogP contribution is 2.32. The molecule has 2 unspecified atom stereocenters. The number of ether oxygens (including phenoxy) is 1. The Balaban J connectivity index is 1.63. The minimum atomic E-state index is 0.291. The van der Waals surface area contributed by atoms with Crippen LogP contribution in [0.15, 0.2) is 48.8 Å². The van der Waals surface area contributed by atoms with E-state index < -0.39 is 0 Å². The van der Waals surface area contributed by atoms with Gasteiger partial charge in [-0.3, -0.25) is 4.98 Å². The molecule has 2 atom stereocenters. The summed E-state index contributed by atoms with van der Waals surface area (Å²) in [7, 11) is 0. The van der Waals surface area contributed by atoms with Crippen LogP contribution in [0.1, 0.15) is 6.42 Å². The number of aromatic nitrogens is 1. The van der Waals surface area contributed by atoms with E-state index >= 15 is 0 Å². The monoisotopic (exact) mass is 295 g/mol. The van der Waals surface area contributed by atoms with Gasteiger partial charge in [0.15, 0.2) is 0 Å². The summed E-state index contributed by atoms with van der Waals surface area (Å²) in [5, 5.41) is 3.58. The third-order valence-corrected chi connectivity index (χ3v) is 4.62. The predicted molar refractivity (Wildman–Crippen MR) is 88.0 cm³/mol. The smallest absolute Gasteiger partial charge is 0.0903 e. The van der Waals surface area contributed by atoms with Crippen molar-refractivity contribution in [2.45, 2.75) is 18.6 Å². The van der Waals surface area contributed by atoms with Crippen molar-refractivity contribution >= 4 is 5.69 Å². The lowest BCUT2D eigenvalue weighted by molar-refractivity contribution is -0.00901. The molecule has 4 nitrogen and oxygen atoms in total. The number of hydrogen-bond donors (Lipinski definition) is 1. The Hall–Kier alpha value is -1.91. The summed E-state index contributed by atoms with van der Waals surface area (Å²) in [5.74, 6) is 0. The first-order valence-corrected chi connectivity index (χ1v) is 8.01. The second kappa shape index (κ2) is 6.07. The van der Waals surface area contributed by atoms with Gasteiger partial charge in [-0.25, -0.2) is 0 Å². The first kappa shape index (κ1) is 13.7. The number of anilines is 1. The van der Waals surface area contributed by atoms with Gasteiger partial charge in [-0.1, -0.05) is 30.3 Å². The summed E-state index contributed by atoms with van der Waals surface area (Å²) in [4.78, 5) is 6.77. The van der Waals surface area contributed by atoms with E-state index in [-0.39, 0.29) is 0 Å². The summed E-state index contributed by atoms with van der Waals surface area (Å²) in [6.45, 7) is 3.80. The van der Waals surface area contributed by atoms with Crippen molar-refractivity contribution in [2.75, 3.05) is 31.1 Å². The number of pyridine rings is 1. The van der Waals surface area contributed by atoms with Crippen LogP contribution in [0.5, 0.6) is 0 Å². The summed E-state index contributed by atoms with van der Waals surface area (Å²) in [6, 6.07) is 13.1. The Labute approximate surface area is 131 Å². The van der Waals surface area contributed by atoms with E-state index in [1.165, 1.54) is 16.8 Å². The molecular weight excluding hydrogens is 274 g/mol. The van der Waals surface area contributed by atoms with Crippen LogP contribution in [-0.4, -0.2) is 43.4 Å². The number of rotatable bonds is 2. The average molecular weight is 295 g/mol. The third kappa shape index (κ3) is 2.60. The molecule has 22 heavy (non-hydrogen) atoms. The quantitative estimate of drug-likeness (QED) is 0.922. The van der Waals surface area contributed by atoms with Crippen molar-refractivity contribution in [1.29, 1.82) is 0 Å². The van der Waals surface area contributed by atoms with E-state index in [2.05, 4.69) is 45.5 Å². The van der Waals surface area contributed by atoms with Gasteiger partial charge in [0.1, 0.15) is 0 Å². The molecule has 0 bridgehead atoms. The molecule has 2 aliphatic heterocycles. The zero-order valence-electron chi connectivity index (χ0n) is 12.6. The molecule has 0 amide bonds. The lowest BCUT2D eigenvalue weighted by atomic mass is 9.98. The molecule has 114 valence electrons. The summed E-state index contributed by atoms with van der Waals surface area (Å²) >= 11 is 0. The number of fused-ring (bicyclic) bond motifs is 1. The van der Waals surface area contributed by atoms with Gasteiger partial charge >= 0.3 is 0 Å². The lowest BCUT2D eigenvalue weighted by Gasteiger charge is -2.42. The van der Waals surface area contributed by atoms with Crippen molar-refractivity contribution in [3.05, 3.63) is 48.8 Å². The van der Waals surface area contributed by atoms with Crippen LogP contribution in [0.4, 0.5) is 5.69 Å². The van der Waals surface area contributed by atoms with Crippen molar-refractivity contribution in [1.82, 2.24) is 10.3 Å². The van der Waals surface area contributed by atoms with E-state index in [4.69, 9.17) is 4.74 Å². The summed E-state index contributed by atoms with van der Waals surface area (Å²) in [5.41, 5.74) is 3.68. The minimum Gasteiger partial charge on any atom is -0.373 e. The molecular formula is C18H21N3O. The molecule has 0 spiro atoms. The fraction of sp³-hybridized carbons (Fsp3) is 0.389. The summed E-state index contributed by atoms with van der Waals surface area (Å²) in [6.07, 6.45) is 5.27. The third-order valence-electron chi connectivity index (χ3n) is 4.62. The first-order valence-electron chi connectivity index (χ1n) is 8.01. The Kier molecular flexibility index (Phi) is 3.79. The predicted octanol–water partition coefficient (Wildman–Crippen LogP) is 2.32. The fourth-order valence-corrected chi connectivity index (χ4v) is 3.50. The molecule has 1 aromatic heterocycles. The zero-order chi connectivity index (χ0) is 14.8. The Morgan fingerprint density at radius 3 is 3.00 bits per heavy atom. The highest BCUT2D eigenvalue weighted by molar-refractivity contribution is 5.77. The van der Waals surface area contributed by atoms with Gasteiger partial charge in [-0.2, -0.15) is 0 Å². The fourth-order valence-electron chi connectivity index (χ4n) is 3.50. The Morgan fingerprint density at radius 1 is 1.18 bits per heavy atom. The van der Waals surface area contributed by atoms with Crippen LogP contribution in [0.3, 0.4) is 0 Å². The Morgan fingerprint density at radius 2 is 2.09 bits per heavy atom. The van der Waals surface area contributed by atoms with Gasteiger partial charge < -0.3 is 15.0 Å². The van der Waals surface area contributed by atoms with Crippen molar-refractivity contribution < 1.29 is 4.74 Å². The largest absolute Gasteiger partial charge is 0.373 e. The normalized spacial score (nSPS) is 24.8. The molecule has 2 aliphatic rings. The highest BCUT2D eigenvalue weighted by Gasteiger charge is 2.32. The molecule has 1 aromatic carbocycles. The molecule has 2 fully saturated rings. The molecule has 4 heteroatoms. The second-order valence-corrected chi connectivity index (χ2v) is 5.96. The molecule has 2 saturated heterocycles. The van der Waals surface area contributed by atoms with E-state index in [1.807, 2.05) is 18.5 Å². The van der Waals surface area contributed by atoms with Crippen molar-refractivity contribution in [3.63, 3.8) is 0 Å².